The molecule has 0 aromatic heterocycles. The molecule has 1 aromatic rings. The van der Waals surface area contributed by atoms with Crippen molar-refractivity contribution in [1.82, 2.24) is 5.32 Å². The summed E-state index contributed by atoms with van der Waals surface area (Å²) in [6.07, 6.45) is 11.7. The maximum Gasteiger partial charge on any atom is 0.337 e. The Bertz CT molecular complexity index is 1160. The van der Waals surface area contributed by atoms with E-state index in [9.17, 15) is 19.7 Å². The number of rotatable bonds is 10. The lowest BCUT2D eigenvalue weighted by molar-refractivity contribution is -0.384. The molecule has 4 rings (SSSR count). The second kappa shape index (κ2) is 13.7. The van der Waals surface area contributed by atoms with Crippen molar-refractivity contribution < 1.29 is 29.1 Å². The van der Waals surface area contributed by atoms with E-state index < -0.39 is 22.8 Å². The lowest BCUT2D eigenvalue weighted by atomic mass is 9.80. The molecule has 2 saturated carbocycles. The minimum absolute atomic E-state index is 0.0474. The number of aliphatic hydroxyl groups excluding tert-OH is 1. The Balaban J connectivity index is 0.000000715. The van der Waals surface area contributed by atoms with Gasteiger partial charge in [-0.3, -0.25) is 10.1 Å². The van der Waals surface area contributed by atoms with Gasteiger partial charge in [0.2, 0.25) is 0 Å². The van der Waals surface area contributed by atoms with Gasteiger partial charge in [-0.2, -0.15) is 0 Å². The van der Waals surface area contributed by atoms with Crippen LogP contribution in [0.1, 0.15) is 57.9 Å². The monoisotopic (exact) mass is 524 g/mol. The molecule has 0 amide bonds. The van der Waals surface area contributed by atoms with Gasteiger partial charge in [-0.05, 0) is 69.9 Å². The fraction of sp³-hybridized carbons (Fsp3) is 0.448. The van der Waals surface area contributed by atoms with E-state index in [1.54, 1.807) is 32.1 Å². The van der Waals surface area contributed by atoms with E-state index in [1.807, 2.05) is 19.1 Å². The number of nitro benzene ring substituents is 1. The average Bonchev–Trinajstić information content (AvgIpc) is 3.82. The quantitative estimate of drug-likeness (QED) is 0.192. The summed E-state index contributed by atoms with van der Waals surface area (Å²) in [5.41, 5.74) is 1.84. The number of ether oxygens (including phenoxy) is 2. The van der Waals surface area contributed by atoms with Gasteiger partial charge in [-0.25, -0.2) is 9.59 Å². The molecule has 0 radical (unpaired) electrons. The van der Waals surface area contributed by atoms with E-state index in [4.69, 9.17) is 14.6 Å². The van der Waals surface area contributed by atoms with Gasteiger partial charge >= 0.3 is 11.9 Å². The van der Waals surface area contributed by atoms with Crippen LogP contribution in [0.5, 0.6) is 0 Å². The third-order valence-corrected chi connectivity index (χ3v) is 6.47. The Morgan fingerprint density at radius 1 is 1.05 bits per heavy atom. The van der Waals surface area contributed by atoms with Crippen molar-refractivity contribution in [2.75, 3.05) is 19.8 Å². The van der Waals surface area contributed by atoms with E-state index in [1.165, 1.54) is 31.0 Å². The molecule has 0 bridgehead atoms. The number of nitro groups is 1. The summed E-state index contributed by atoms with van der Waals surface area (Å²) in [6.45, 7) is 6.09. The van der Waals surface area contributed by atoms with Gasteiger partial charge < -0.3 is 19.9 Å². The van der Waals surface area contributed by atoms with Crippen LogP contribution in [0, 0.1) is 22.0 Å². The largest absolute Gasteiger partial charge is 0.462 e. The molecule has 38 heavy (non-hydrogen) atoms. The molecule has 2 aliphatic carbocycles. The van der Waals surface area contributed by atoms with Crippen LogP contribution in [0.2, 0.25) is 0 Å². The minimum atomic E-state index is -0.857. The highest BCUT2D eigenvalue weighted by molar-refractivity contribution is 6.00. The number of carbonyl (C=O) groups excluding carboxylic acids is 2. The number of aliphatic hydroxyl groups is 1. The lowest BCUT2D eigenvalue weighted by Gasteiger charge is -2.30. The number of carbonyl (C=O) groups is 2. The van der Waals surface area contributed by atoms with Crippen molar-refractivity contribution in [1.29, 1.82) is 0 Å². The van der Waals surface area contributed by atoms with Crippen molar-refractivity contribution in [3.8, 4) is 0 Å². The molecule has 9 heteroatoms. The number of nitrogens with one attached hydrogen (secondary N) is 1. The van der Waals surface area contributed by atoms with Crippen LogP contribution in [0.15, 0.2) is 71.1 Å². The van der Waals surface area contributed by atoms with Crippen LogP contribution >= 0.6 is 0 Å². The summed E-state index contributed by atoms with van der Waals surface area (Å²) < 4.78 is 11.0. The third-order valence-electron chi connectivity index (χ3n) is 6.47. The highest BCUT2D eigenvalue weighted by atomic mass is 16.6. The van der Waals surface area contributed by atoms with Crippen molar-refractivity contribution in [2.45, 2.75) is 52.4 Å². The van der Waals surface area contributed by atoms with Crippen LogP contribution in [-0.2, 0) is 19.1 Å². The topological polar surface area (TPSA) is 128 Å². The predicted molar refractivity (Wildman–Crippen MR) is 143 cm³/mol. The van der Waals surface area contributed by atoms with Gasteiger partial charge in [0.05, 0.1) is 28.6 Å². The van der Waals surface area contributed by atoms with Crippen LogP contribution in [0.4, 0.5) is 5.69 Å². The number of benzene rings is 1. The maximum absolute atomic E-state index is 13.1. The van der Waals surface area contributed by atoms with Crippen LogP contribution in [0.3, 0.4) is 0 Å². The first-order chi connectivity index (χ1) is 18.3. The summed E-state index contributed by atoms with van der Waals surface area (Å²) in [7, 11) is 0. The minimum Gasteiger partial charge on any atom is -0.462 e. The molecule has 3 aliphatic rings. The van der Waals surface area contributed by atoms with E-state index >= 15 is 0 Å². The van der Waals surface area contributed by atoms with E-state index in [0.717, 1.165) is 12.8 Å². The molecule has 0 saturated heterocycles. The molecule has 1 aromatic carbocycles. The molecule has 9 nitrogen and oxygen atoms in total. The van der Waals surface area contributed by atoms with Crippen molar-refractivity contribution in [3.63, 3.8) is 0 Å². The van der Waals surface area contributed by atoms with Gasteiger partial charge in [-0.1, -0.05) is 30.4 Å². The second-order valence-corrected chi connectivity index (χ2v) is 9.71. The molecule has 1 aliphatic heterocycles. The number of non-ortho nitro benzene ring substituents is 1. The second-order valence-electron chi connectivity index (χ2n) is 9.71. The summed E-state index contributed by atoms with van der Waals surface area (Å²) >= 11 is 0. The van der Waals surface area contributed by atoms with Crippen LogP contribution in [-0.4, -0.2) is 41.8 Å². The number of hydrogen-bond donors (Lipinski definition) is 2. The Kier molecular flexibility index (Phi) is 10.4. The SMILES string of the molecule is CC=CC=CCOC(=O)C1=C(C)NC(C)=C(C(=O)OCC2CC2)C1c1cccc([N+](=O)[O-])c1.OCC1CC1. The average molecular weight is 525 g/mol. The lowest BCUT2D eigenvalue weighted by Crippen LogP contribution is -2.32. The van der Waals surface area contributed by atoms with Gasteiger partial charge in [0.25, 0.3) is 5.69 Å². The van der Waals surface area contributed by atoms with Crippen LogP contribution < -0.4 is 5.32 Å². The fourth-order valence-electron chi connectivity index (χ4n) is 3.99. The van der Waals surface area contributed by atoms with Gasteiger partial charge in [0.1, 0.15) is 6.61 Å². The first-order valence-electron chi connectivity index (χ1n) is 12.9. The number of dihydropyridines is 1. The van der Waals surface area contributed by atoms with Crippen molar-refractivity contribution >= 4 is 17.6 Å². The van der Waals surface area contributed by atoms with Gasteiger partial charge in [0.15, 0.2) is 0 Å². The molecule has 1 atom stereocenters. The number of allylic oxidation sites excluding steroid dienone is 5. The van der Waals surface area contributed by atoms with Gasteiger partial charge in [-0.15, -0.1) is 0 Å². The first kappa shape index (κ1) is 28.8. The molecular weight excluding hydrogens is 488 g/mol. The Hall–Kier alpha value is -3.72. The molecule has 1 unspecified atom stereocenters. The molecule has 1 heterocycles. The summed E-state index contributed by atoms with van der Waals surface area (Å²) in [4.78, 5) is 37.1. The zero-order valence-corrected chi connectivity index (χ0v) is 22.1. The van der Waals surface area contributed by atoms with Crippen molar-refractivity contribution in [2.24, 2.45) is 11.8 Å². The Morgan fingerprint density at radius 3 is 2.21 bits per heavy atom. The third kappa shape index (κ3) is 8.14. The standard InChI is InChI=1S/C25H28N2O6.C4H8O/c1-4-5-6-7-13-32-24(28)21-16(2)26-17(3)22(25(29)33-15-18-11-12-18)23(21)19-9-8-10-20(14-19)27(30)31;5-3-4-1-2-4/h4-10,14,18,23,26H,11-13,15H2,1-3H3;4-5H,1-3H2. The predicted octanol–water partition coefficient (Wildman–Crippen LogP) is 4.85. The fourth-order valence-corrected chi connectivity index (χ4v) is 3.99. The van der Waals surface area contributed by atoms with Crippen molar-refractivity contribution in [3.05, 3.63) is 86.8 Å². The number of esters is 2. The van der Waals surface area contributed by atoms with Gasteiger partial charge in [0, 0.05) is 30.1 Å². The molecule has 204 valence electrons. The summed E-state index contributed by atoms with van der Waals surface area (Å²) in [5, 5.41) is 22.7. The molecule has 2 fully saturated rings. The number of nitrogens with zero attached hydrogens (tertiary/aromatic N) is 1. The van der Waals surface area contributed by atoms with E-state index in [0.29, 0.717) is 42.0 Å². The Morgan fingerprint density at radius 2 is 1.68 bits per heavy atom. The highest BCUT2D eigenvalue weighted by Crippen LogP contribution is 2.40. The highest BCUT2D eigenvalue weighted by Gasteiger charge is 2.39. The summed E-state index contributed by atoms with van der Waals surface area (Å²) in [5.74, 6) is -0.955. The zero-order valence-electron chi connectivity index (χ0n) is 22.1. The molecule has 2 N–H and O–H groups in total. The Labute approximate surface area is 223 Å². The molecular formula is C29H36N2O7. The number of hydrogen-bond acceptors (Lipinski definition) is 8. The summed E-state index contributed by atoms with van der Waals surface area (Å²) in [6, 6.07) is 5.95. The normalized spacial score (nSPS) is 19.2. The smallest absolute Gasteiger partial charge is 0.337 e. The van der Waals surface area contributed by atoms with Crippen LogP contribution in [0.25, 0.3) is 0 Å². The zero-order chi connectivity index (χ0) is 27.7. The molecule has 0 spiro atoms. The first-order valence-corrected chi connectivity index (χ1v) is 12.9. The van der Waals surface area contributed by atoms with E-state index in [-0.39, 0.29) is 23.4 Å². The maximum atomic E-state index is 13.1. The van der Waals surface area contributed by atoms with E-state index in [2.05, 4.69) is 5.32 Å².